The van der Waals surface area contributed by atoms with Crippen LogP contribution in [0.1, 0.15) is 23.1 Å². The van der Waals surface area contributed by atoms with Gasteiger partial charge in [0.25, 0.3) is 5.60 Å². The van der Waals surface area contributed by atoms with Gasteiger partial charge in [-0.1, -0.05) is 30.3 Å². The monoisotopic (exact) mass is 598 g/mol. The van der Waals surface area contributed by atoms with Crippen LogP contribution in [0.5, 0.6) is 0 Å². The molecule has 2 atom stereocenters. The van der Waals surface area contributed by atoms with Gasteiger partial charge in [0.05, 0.1) is 11.5 Å². The smallest absolute Gasteiger partial charge is 0.396 e. The normalized spacial score (nSPS) is 20.0. The van der Waals surface area contributed by atoms with Crippen LogP contribution >= 0.6 is 0 Å². The molecule has 216 valence electrons. The second kappa shape index (κ2) is 10.1. The van der Waals surface area contributed by atoms with Crippen molar-refractivity contribution in [2.24, 2.45) is 5.92 Å². The summed E-state index contributed by atoms with van der Waals surface area (Å²) in [6.45, 7) is -2.41. The maximum absolute atomic E-state index is 14.2. The van der Waals surface area contributed by atoms with Crippen molar-refractivity contribution in [1.29, 1.82) is 0 Å². The molecule has 0 amide bonds. The lowest BCUT2D eigenvalue weighted by atomic mass is 9.90. The SMILES string of the molecule is O=S(=O)(c1ccc(F)cc1)C1(c2ccc(C(OCc3c(F)cccc3F)(C(F)(F)F)C(F)(F)F)cc2)CC1CO. The third-order valence-electron chi connectivity index (χ3n) is 6.95. The Labute approximate surface area is 221 Å². The van der Waals surface area contributed by atoms with E-state index in [1.807, 2.05) is 0 Å². The van der Waals surface area contributed by atoms with E-state index < -0.39 is 80.2 Å². The fourth-order valence-electron chi connectivity index (χ4n) is 4.75. The van der Waals surface area contributed by atoms with E-state index in [1.54, 1.807) is 0 Å². The minimum absolute atomic E-state index is 0.213. The maximum Gasteiger partial charge on any atom is 0.430 e. The molecule has 1 saturated carbocycles. The minimum Gasteiger partial charge on any atom is -0.396 e. The largest absolute Gasteiger partial charge is 0.430 e. The molecule has 0 heterocycles. The van der Waals surface area contributed by atoms with E-state index in [4.69, 9.17) is 0 Å². The molecule has 1 fully saturated rings. The van der Waals surface area contributed by atoms with Gasteiger partial charge in [0, 0.05) is 23.7 Å². The number of aliphatic hydroxyl groups is 1. The van der Waals surface area contributed by atoms with E-state index in [0.717, 1.165) is 42.5 Å². The van der Waals surface area contributed by atoms with Crippen LogP contribution in [0.4, 0.5) is 39.5 Å². The average molecular weight is 598 g/mol. The summed E-state index contributed by atoms with van der Waals surface area (Å²) in [4.78, 5) is -0.371. The zero-order chi connectivity index (χ0) is 29.7. The average Bonchev–Trinajstić information content (AvgIpc) is 3.62. The zero-order valence-electron chi connectivity index (χ0n) is 20.0. The number of aliphatic hydroxyl groups excluding tert-OH is 1. The third-order valence-corrected chi connectivity index (χ3v) is 9.53. The van der Waals surface area contributed by atoms with E-state index in [-0.39, 0.29) is 16.9 Å². The Morgan fingerprint density at radius 1 is 0.825 bits per heavy atom. The summed E-state index contributed by atoms with van der Waals surface area (Å²) in [5.41, 5.74) is -7.96. The summed E-state index contributed by atoms with van der Waals surface area (Å²) in [7, 11) is -4.41. The summed E-state index contributed by atoms with van der Waals surface area (Å²) in [6, 6.07) is 7.92. The number of benzene rings is 3. The number of hydrogen-bond acceptors (Lipinski definition) is 4. The Hall–Kier alpha value is -3.10. The fourth-order valence-corrected chi connectivity index (χ4v) is 7.05. The van der Waals surface area contributed by atoms with Gasteiger partial charge in [-0.3, -0.25) is 0 Å². The Morgan fingerprint density at radius 3 is 1.80 bits per heavy atom. The van der Waals surface area contributed by atoms with Gasteiger partial charge >= 0.3 is 12.4 Å². The zero-order valence-corrected chi connectivity index (χ0v) is 20.8. The highest BCUT2D eigenvalue weighted by Gasteiger charge is 2.73. The van der Waals surface area contributed by atoms with Crippen LogP contribution in [0.2, 0.25) is 0 Å². The van der Waals surface area contributed by atoms with Crippen LogP contribution in [0.3, 0.4) is 0 Å². The Bertz CT molecular complexity index is 1450. The van der Waals surface area contributed by atoms with Gasteiger partial charge in [-0.15, -0.1) is 0 Å². The van der Waals surface area contributed by atoms with Gasteiger partial charge < -0.3 is 9.84 Å². The first-order chi connectivity index (χ1) is 18.5. The van der Waals surface area contributed by atoms with Crippen LogP contribution in [0, 0.1) is 23.4 Å². The summed E-state index contributed by atoms with van der Waals surface area (Å²) >= 11 is 0. The molecule has 2 unspecified atom stereocenters. The molecule has 0 spiro atoms. The quantitative estimate of drug-likeness (QED) is 0.244. The van der Waals surface area contributed by atoms with Crippen molar-refractivity contribution >= 4 is 9.84 Å². The predicted molar refractivity (Wildman–Crippen MR) is 122 cm³/mol. The minimum atomic E-state index is -6.18. The molecule has 1 aliphatic rings. The molecule has 0 aliphatic heterocycles. The van der Waals surface area contributed by atoms with Crippen molar-refractivity contribution in [3.63, 3.8) is 0 Å². The summed E-state index contributed by atoms with van der Waals surface area (Å²) in [5.74, 6) is -4.56. The lowest BCUT2D eigenvalue weighted by molar-refractivity contribution is -0.392. The number of alkyl halides is 6. The molecule has 3 aromatic rings. The van der Waals surface area contributed by atoms with E-state index in [2.05, 4.69) is 4.74 Å². The van der Waals surface area contributed by atoms with E-state index in [1.165, 1.54) is 0 Å². The van der Waals surface area contributed by atoms with E-state index in [0.29, 0.717) is 24.3 Å². The first kappa shape index (κ1) is 29.9. The third kappa shape index (κ3) is 4.65. The second-order valence-electron chi connectivity index (χ2n) is 9.17. The van der Waals surface area contributed by atoms with Crippen molar-refractivity contribution in [3.8, 4) is 0 Å². The molecule has 1 aliphatic carbocycles. The summed E-state index contributed by atoms with van der Waals surface area (Å²) in [6.07, 6.45) is -12.6. The van der Waals surface area contributed by atoms with Gasteiger partial charge in [-0.25, -0.2) is 21.6 Å². The van der Waals surface area contributed by atoms with Crippen LogP contribution in [-0.4, -0.2) is 32.5 Å². The van der Waals surface area contributed by atoms with Crippen molar-refractivity contribution in [2.75, 3.05) is 6.61 Å². The molecule has 3 aromatic carbocycles. The molecular formula is C26H19F9O4S. The van der Waals surface area contributed by atoms with Crippen LogP contribution in [0.25, 0.3) is 0 Å². The molecule has 0 bridgehead atoms. The number of hydrogen-bond donors (Lipinski definition) is 1. The highest BCUT2D eigenvalue weighted by molar-refractivity contribution is 7.92. The van der Waals surface area contributed by atoms with Crippen molar-refractivity contribution in [3.05, 3.63) is 101 Å². The molecular weight excluding hydrogens is 579 g/mol. The molecule has 14 heteroatoms. The van der Waals surface area contributed by atoms with Gasteiger partial charge in [0.2, 0.25) is 0 Å². The molecule has 1 N–H and O–H groups in total. The Morgan fingerprint density at radius 2 is 1.35 bits per heavy atom. The second-order valence-corrected chi connectivity index (χ2v) is 11.4. The molecule has 0 aromatic heterocycles. The molecule has 4 rings (SSSR count). The van der Waals surface area contributed by atoms with Gasteiger partial charge in [0.1, 0.15) is 22.2 Å². The highest BCUT2D eigenvalue weighted by atomic mass is 32.2. The number of rotatable bonds is 8. The summed E-state index contributed by atoms with van der Waals surface area (Å²) in [5, 5.41) is 9.67. The molecule has 4 nitrogen and oxygen atoms in total. The molecule has 40 heavy (non-hydrogen) atoms. The number of ether oxygens (including phenoxy) is 1. The standard InChI is InChI=1S/C26H19F9O4S/c27-18-8-10-19(11-9-18)40(37,38)23(12-17(23)13-36)15-4-6-16(7-5-15)24(25(30,31)32,26(33,34)35)39-14-20-21(28)2-1-3-22(20)29/h1-11,17,36H,12-14H2. The van der Waals surface area contributed by atoms with Gasteiger partial charge in [-0.2, -0.15) is 26.3 Å². The maximum atomic E-state index is 14.2. The van der Waals surface area contributed by atoms with E-state index in [9.17, 15) is 53.0 Å². The van der Waals surface area contributed by atoms with Crippen molar-refractivity contribution < 1.29 is 57.8 Å². The van der Waals surface area contributed by atoms with Crippen LogP contribution in [0.15, 0.2) is 71.6 Å². The van der Waals surface area contributed by atoms with Gasteiger partial charge in [-0.05, 0) is 48.4 Å². The first-order valence-electron chi connectivity index (χ1n) is 11.5. The molecule has 0 radical (unpaired) electrons. The Kier molecular flexibility index (Phi) is 7.52. The van der Waals surface area contributed by atoms with E-state index >= 15 is 0 Å². The number of sulfone groups is 1. The highest BCUT2D eigenvalue weighted by Crippen LogP contribution is 2.60. The van der Waals surface area contributed by atoms with Crippen LogP contribution in [-0.2, 0) is 31.5 Å². The lowest BCUT2D eigenvalue weighted by Gasteiger charge is -2.37. The van der Waals surface area contributed by atoms with Crippen LogP contribution < -0.4 is 0 Å². The van der Waals surface area contributed by atoms with Crippen molar-refractivity contribution in [1.82, 2.24) is 0 Å². The topological polar surface area (TPSA) is 63.6 Å². The molecule has 0 saturated heterocycles. The predicted octanol–water partition coefficient (Wildman–Crippen LogP) is 6.32. The summed E-state index contributed by atoms with van der Waals surface area (Å²) < 4.78 is 156. The fraction of sp³-hybridized carbons (Fsp3) is 0.308. The van der Waals surface area contributed by atoms with Crippen molar-refractivity contribution in [2.45, 2.75) is 40.6 Å². The number of halogens is 9. The van der Waals surface area contributed by atoms with Gasteiger partial charge in [0.15, 0.2) is 9.84 Å². The lowest BCUT2D eigenvalue weighted by Crippen LogP contribution is -2.56. The Balaban J connectivity index is 1.81. The first-order valence-corrected chi connectivity index (χ1v) is 12.9.